The van der Waals surface area contributed by atoms with E-state index in [1.807, 2.05) is 0 Å². The number of methoxy groups -OCH3 is 1. The monoisotopic (exact) mass is 479 g/mol. The molecule has 0 unspecified atom stereocenters. The third kappa shape index (κ3) is 3.18. The van der Waals surface area contributed by atoms with E-state index < -0.39 is 17.8 Å². The van der Waals surface area contributed by atoms with E-state index >= 15 is 0 Å². The second kappa shape index (κ2) is 7.47. The number of ether oxygens (including phenoxy) is 1. The normalized spacial score (nSPS) is 22.4. The highest BCUT2D eigenvalue weighted by Gasteiger charge is 2.68. The van der Waals surface area contributed by atoms with Gasteiger partial charge >= 0.3 is 6.18 Å². The number of rotatable bonds is 3. The van der Waals surface area contributed by atoms with Crippen LogP contribution in [0, 0.1) is 5.92 Å². The van der Waals surface area contributed by atoms with Crippen LogP contribution in [0.5, 0.6) is 5.75 Å². The molecule has 3 aromatic rings. The minimum Gasteiger partial charge on any atom is -0.497 e. The second-order valence-electron chi connectivity index (χ2n) is 7.66. The lowest BCUT2D eigenvalue weighted by Crippen LogP contribution is -2.60. The predicted molar refractivity (Wildman–Crippen MR) is 117 cm³/mol. The Morgan fingerprint density at radius 2 is 1.97 bits per heavy atom. The molecule has 10 heteroatoms. The van der Waals surface area contributed by atoms with E-state index in [4.69, 9.17) is 16.3 Å². The van der Waals surface area contributed by atoms with Crippen molar-refractivity contribution in [3.05, 3.63) is 64.0 Å². The molecule has 1 aliphatic heterocycles. The molecule has 1 aromatic heterocycles. The molecule has 2 atom stereocenters. The largest absolute Gasteiger partial charge is 0.497 e. The maximum absolute atomic E-state index is 14.3. The zero-order valence-electron chi connectivity index (χ0n) is 16.7. The van der Waals surface area contributed by atoms with Crippen LogP contribution in [0.15, 0.2) is 52.9 Å². The molecule has 0 bridgehead atoms. The first-order valence-corrected chi connectivity index (χ1v) is 11.0. The first-order chi connectivity index (χ1) is 15.2. The van der Waals surface area contributed by atoms with Crippen molar-refractivity contribution in [2.24, 2.45) is 11.0 Å². The first kappa shape index (κ1) is 21.2. The molecule has 0 spiro atoms. The number of halogens is 4. The van der Waals surface area contributed by atoms with Crippen LogP contribution in [0.2, 0.25) is 5.02 Å². The van der Waals surface area contributed by atoms with E-state index in [0.29, 0.717) is 39.0 Å². The number of nitrogens with zero attached hydrogens (tertiary/aromatic N) is 3. The molecule has 0 radical (unpaired) electrons. The summed E-state index contributed by atoms with van der Waals surface area (Å²) in [6.45, 7) is 0. The highest BCUT2D eigenvalue weighted by molar-refractivity contribution is 7.14. The summed E-state index contributed by atoms with van der Waals surface area (Å²) in [7, 11) is 1.53. The molecule has 0 saturated heterocycles. The Labute approximate surface area is 190 Å². The predicted octanol–water partition coefficient (Wildman–Crippen LogP) is 5.51. The average Bonchev–Trinajstić information content (AvgIpc) is 3.37. The Morgan fingerprint density at radius 3 is 2.66 bits per heavy atom. The lowest BCUT2D eigenvalue weighted by Gasteiger charge is -2.38. The molecule has 166 valence electrons. The van der Waals surface area contributed by atoms with E-state index in [2.05, 4.69) is 10.1 Å². The molecule has 2 aliphatic rings. The van der Waals surface area contributed by atoms with Crippen LogP contribution in [0.25, 0.3) is 11.3 Å². The highest BCUT2D eigenvalue weighted by atomic mass is 35.5. The van der Waals surface area contributed by atoms with Crippen molar-refractivity contribution in [2.75, 3.05) is 12.1 Å². The summed E-state index contributed by atoms with van der Waals surface area (Å²) >= 11 is 6.91. The summed E-state index contributed by atoms with van der Waals surface area (Å²) in [5, 5.41) is 18.2. The van der Waals surface area contributed by atoms with Gasteiger partial charge < -0.3 is 9.84 Å². The molecule has 5 nitrogen and oxygen atoms in total. The van der Waals surface area contributed by atoms with Gasteiger partial charge in [0.2, 0.25) is 5.13 Å². The van der Waals surface area contributed by atoms with E-state index in [-0.39, 0.29) is 17.3 Å². The van der Waals surface area contributed by atoms with Gasteiger partial charge in [-0.1, -0.05) is 23.7 Å². The summed E-state index contributed by atoms with van der Waals surface area (Å²) in [6, 6.07) is 12.0. The molecule has 5 rings (SSSR count). The Morgan fingerprint density at radius 1 is 1.22 bits per heavy atom. The SMILES string of the molecule is COc1ccc2c(c1)CC[C@@H]1C2=NN(c2nc(-c3ccc(Cl)cc3)cs2)[C@]1(O)C(F)(F)F. The van der Waals surface area contributed by atoms with Gasteiger partial charge in [0, 0.05) is 21.5 Å². The number of aryl methyl sites for hydroxylation is 1. The Balaban J connectivity index is 1.60. The topological polar surface area (TPSA) is 58.0 Å². The molecule has 32 heavy (non-hydrogen) atoms. The van der Waals surface area contributed by atoms with Gasteiger partial charge in [-0.25, -0.2) is 4.98 Å². The lowest BCUT2D eigenvalue weighted by atomic mass is 9.77. The van der Waals surface area contributed by atoms with Crippen molar-refractivity contribution in [3.8, 4) is 17.0 Å². The molecular weight excluding hydrogens is 463 g/mol. The van der Waals surface area contributed by atoms with Gasteiger partial charge in [-0.05, 0) is 48.7 Å². The third-order valence-corrected chi connectivity index (χ3v) is 6.94. The second-order valence-corrected chi connectivity index (χ2v) is 8.93. The van der Waals surface area contributed by atoms with Crippen LogP contribution < -0.4 is 9.75 Å². The fraction of sp³-hybridized carbons (Fsp3) is 0.273. The minimum absolute atomic E-state index is 0.0354. The van der Waals surface area contributed by atoms with Gasteiger partial charge in [0.25, 0.3) is 5.72 Å². The summed E-state index contributed by atoms with van der Waals surface area (Å²) in [6.07, 6.45) is -4.48. The highest BCUT2D eigenvalue weighted by Crippen LogP contribution is 2.51. The molecule has 1 aliphatic carbocycles. The van der Waals surface area contributed by atoms with Crippen LogP contribution in [0.4, 0.5) is 18.3 Å². The number of fused-ring (bicyclic) bond motifs is 3. The smallest absolute Gasteiger partial charge is 0.439 e. The quantitative estimate of drug-likeness (QED) is 0.538. The van der Waals surface area contributed by atoms with Crippen molar-refractivity contribution in [3.63, 3.8) is 0 Å². The van der Waals surface area contributed by atoms with Gasteiger partial charge in [0.05, 0.1) is 24.4 Å². The van der Waals surface area contributed by atoms with Crippen LogP contribution in [0.3, 0.4) is 0 Å². The third-order valence-electron chi connectivity index (χ3n) is 5.87. The van der Waals surface area contributed by atoms with E-state index in [0.717, 1.165) is 16.9 Å². The number of hydrogen-bond donors (Lipinski definition) is 1. The number of hydrogen-bond acceptors (Lipinski definition) is 6. The van der Waals surface area contributed by atoms with Crippen molar-refractivity contribution < 1.29 is 23.0 Å². The summed E-state index contributed by atoms with van der Waals surface area (Å²) in [5.41, 5.74) is -0.374. The standard InChI is InChI=1S/C22H17ClF3N3O2S/c1-31-15-7-8-16-13(10-15)4-9-17-19(16)28-29(21(17,30)22(24,25)26)20-27-18(11-32-20)12-2-5-14(23)6-3-12/h2-3,5-8,10-11,17,30H,4,9H2,1H3/t17-,21-/m1/s1. The minimum atomic E-state index is -4.95. The van der Waals surface area contributed by atoms with Gasteiger partial charge in [0.1, 0.15) is 5.75 Å². The van der Waals surface area contributed by atoms with Crippen molar-refractivity contribution >= 4 is 33.8 Å². The Bertz CT molecular complexity index is 1210. The number of hydrazone groups is 1. The fourth-order valence-corrected chi connectivity index (χ4v) is 5.21. The number of alkyl halides is 3. The van der Waals surface area contributed by atoms with Crippen molar-refractivity contribution in [1.29, 1.82) is 0 Å². The molecule has 0 saturated carbocycles. The molecule has 0 amide bonds. The van der Waals surface area contributed by atoms with Crippen LogP contribution in [-0.4, -0.2) is 34.8 Å². The Hall–Kier alpha value is -2.62. The van der Waals surface area contributed by atoms with E-state index in [9.17, 15) is 18.3 Å². The molecule has 0 fully saturated rings. The Kier molecular flexibility index (Phi) is 4.96. The number of thiazole rings is 1. The van der Waals surface area contributed by atoms with Crippen LogP contribution in [-0.2, 0) is 6.42 Å². The summed E-state index contributed by atoms with van der Waals surface area (Å²) in [4.78, 5) is 4.36. The maximum Gasteiger partial charge on any atom is 0.439 e. The average molecular weight is 480 g/mol. The number of benzene rings is 2. The van der Waals surface area contributed by atoms with E-state index in [1.54, 1.807) is 47.8 Å². The summed E-state index contributed by atoms with van der Waals surface area (Å²) < 4.78 is 48.1. The number of anilines is 1. The van der Waals surface area contributed by atoms with Crippen molar-refractivity contribution in [1.82, 2.24) is 4.98 Å². The van der Waals surface area contributed by atoms with Gasteiger partial charge in [0.15, 0.2) is 0 Å². The number of aromatic nitrogens is 1. The molecular formula is C22H17ClF3N3O2S. The fourth-order valence-electron chi connectivity index (χ4n) is 4.25. The molecule has 2 aromatic carbocycles. The lowest BCUT2D eigenvalue weighted by molar-refractivity contribution is -0.268. The van der Waals surface area contributed by atoms with E-state index in [1.165, 1.54) is 7.11 Å². The van der Waals surface area contributed by atoms with Gasteiger partial charge in [-0.3, -0.25) is 0 Å². The maximum atomic E-state index is 14.3. The zero-order valence-corrected chi connectivity index (χ0v) is 18.3. The van der Waals surface area contributed by atoms with Crippen molar-refractivity contribution in [2.45, 2.75) is 24.7 Å². The van der Waals surface area contributed by atoms with Crippen LogP contribution >= 0.6 is 22.9 Å². The molecule has 1 N–H and O–H groups in total. The number of aliphatic hydroxyl groups is 1. The summed E-state index contributed by atoms with van der Waals surface area (Å²) in [5.74, 6) is -0.609. The molecule has 2 heterocycles. The van der Waals surface area contributed by atoms with Gasteiger partial charge in [-0.2, -0.15) is 23.3 Å². The van der Waals surface area contributed by atoms with Gasteiger partial charge in [-0.15, -0.1) is 11.3 Å². The van der Waals surface area contributed by atoms with Crippen LogP contribution in [0.1, 0.15) is 17.5 Å². The first-order valence-electron chi connectivity index (χ1n) is 9.79. The zero-order chi connectivity index (χ0) is 22.7.